The third-order valence-corrected chi connectivity index (χ3v) is 2.20. The van der Waals surface area contributed by atoms with Crippen LogP contribution in [0.3, 0.4) is 0 Å². The molecular formula is C10H11FN4. The molecule has 0 radical (unpaired) electrons. The van der Waals surface area contributed by atoms with Crippen LogP contribution < -0.4 is 5.73 Å². The van der Waals surface area contributed by atoms with Crippen molar-refractivity contribution in [2.24, 2.45) is 0 Å². The second-order valence-electron chi connectivity index (χ2n) is 3.41. The Balaban J connectivity index is 2.27. The van der Waals surface area contributed by atoms with Gasteiger partial charge in [-0.2, -0.15) is 0 Å². The average molecular weight is 206 g/mol. The third-order valence-electron chi connectivity index (χ3n) is 2.20. The van der Waals surface area contributed by atoms with Crippen LogP contribution in [0.5, 0.6) is 0 Å². The topological polar surface area (TPSA) is 56.7 Å². The van der Waals surface area contributed by atoms with Crippen LogP contribution in [0.15, 0.2) is 24.4 Å². The highest BCUT2D eigenvalue weighted by molar-refractivity contribution is 5.27. The van der Waals surface area contributed by atoms with E-state index in [2.05, 4.69) is 10.3 Å². The van der Waals surface area contributed by atoms with Gasteiger partial charge in [0.25, 0.3) is 0 Å². The molecule has 0 saturated heterocycles. The summed E-state index contributed by atoms with van der Waals surface area (Å²) in [5.41, 5.74) is 7.33. The van der Waals surface area contributed by atoms with Crippen molar-refractivity contribution in [1.82, 2.24) is 15.0 Å². The van der Waals surface area contributed by atoms with Crippen LogP contribution in [0.25, 0.3) is 0 Å². The van der Waals surface area contributed by atoms with Gasteiger partial charge in [0.2, 0.25) is 0 Å². The van der Waals surface area contributed by atoms with Crippen LogP contribution in [-0.4, -0.2) is 15.0 Å². The van der Waals surface area contributed by atoms with Gasteiger partial charge in [-0.05, 0) is 30.2 Å². The Morgan fingerprint density at radius 2 is 2.27 bits per heavy atom. The molecule has 0 aliphatic carbocycles. The first-order chi connectivity index (χ1) is 7.15. The zero-order chi connectivity index (χ0) is 10.8. The summed E-state index contributed by atoms with van der Waals surface area (Å²) in [6.07, 6.45) is 1.62. The van der Waals surface area contributed by atoms with Gasteiger partial charge in [0.05, 0.1) is 12.7 Å². The molecule has 5 heteroatoms. The summed E-state index contributed by atoms with van der Waals surface area (Å²) >= 11 is 0. The van der Waals surface area contributed by atoms with Crippen LogP contribution in [0.2, 0.25) is 0 Å². The van der Waals surface area contributed by atoms with Crippen molar-refractivity contribution in [2.75, 3.05) is 5.73 Å². The molecule has 0 aliphatic heterocycles. The van der Waals surface area contributed by atoms with Gasteiger partial charge in [-0.1, -0.05) is 11.3 Å². The first-order valence-electron chi connectivity index (χ1n) is 4.56. The van der Waals surface area contributed by atoms with Crippen molar-refractivity contribution in [3.63, 3.8) is 0 Å². The molecule has 0 spiro atoms. The molecule has 0 unspecified atom stereocenters. The molecular weight excluding hydrogens is 195 g/mol. The largest absolute Gasteiger partial charge is 0.381 e. The molecule has 1 aromatic carbocycles. The number of hydrogen-bond acceptors (Lipinski definition) is 3. The highest BCUT2D eigenvalue weighted by Crippen LogP contribution is 2.11. The summed E-state index contributed by atoms with van der Waals surface area (Å²) in [6.45, 7) is 2.41. The molecule has 78 valence electrons. The van der Waals surface area contributed by atoms with E-state index in [0.717, 1.165) is 11.1 Å². The first-order valence-corrected chi connectivity index (χ1v) is 4.56. The van der Waals surface area contributed by atoms with E-state index in [1.54, 1.807) is 16.9 Å². The van der Waals surface area contributed by atoms with Crippen LogP contribution in [0, 0.1) is 12.7 Å². The predicted molar refractivity (Wildman–Crippen MR) is 54.7 cm³/mol. The molecule has 0 amide bonds. The molecule has 0 bridgehead atoms. The standard InChI is InChI=1S/C10H11FN4/c1-7-2-3-9(11)4-8(7)5-15-6-10(12)13-14-15/h2-4,6H,5,12H2,1H3. The monoisotopic (exact) mass is 206 g/mol. The number of nitrogens with zero attached hydrogens (tertiary/aromatic N) is 3. The molecule has 2 rings (SSSR count). The number of aromatic nitrogens is 3. The first kappa shape index (κ1) is 9.64. The number of hydrogen-bond donors (Lipinski definition) is 1. The van der Waals surface area contributed by atoms with Gasteiger partial charge in [-0.15, -0.1) is 5.10 Å². The van der Waals surface area contributed by atoms with Crippen LogP contribution >= 0.6 is 0 Å². The second-order valence-corrected chi connectivity index (χ2v) is 3.41. The van der Waals surface area contributed by atoms with Gasteiger partial charge in [-0.3, -0.25) is 0 Å². The highest BCUT2D eigenvalue weighted by Gasteiger charge is 2.03. The molecule has 0 fully saturated rings. The van der Waals surface area contributed by atoms with Crippen molar-refractivity contribution in [2.45, 2.75) is 13.5 Å². The summed E-state index contributed by atoms with van der Waals surface area (Å²) in [5, 5.41) is 7.46. The Morgan fingerprint density at radius 3 is 2.93 bits per heavy atom. The molecule has 1 aromatic heterocycles. The highest BCUT2D eigenvalue weighted by atomic mass is 19.1. The van der Waals surface area contributed by atoms with Gasteiger partial charge in [0.1, 0.15) is 5.82 Å². The Bertz CT molecular complexity index is 478. The number of anilines is 1. The lowest BCUT2D eigenvalue weighted by Crippen LogP contribution is -2.02. The summed E-state index contributed by atoms with van der Waals surface area (Å²) in [5.74, 6) is 0.118. The zero-order valence-corrected chi connectivity index (χ0v) is 8.31. The van der Waals surface area contributed by atoms with E-state index in [9.17, 15) is 4.39 Å². The molecule has 0 saturated carbocycles. The summed E-state index contributed by atoms with van der Waals surface area (Å²) in [7, 11) is 0. The van der Waals surface area contributed by atoms with Crippen molar-refractivity contribution in [1.29, 1.82) is 0 Å². The van der Waals surface area contributed by atoms with Crippen molar-refractivity contribution in [3.8, 4) is 0 Å². The van der Waals surface area contributed by atoms with Gasteiger partial charge in [0.15, 0.2) is 5.82 Å². The fourth-order valence-electron chi connectivity index (χ4n) is 1.38. The normalized spacial score (nSPS) is 10.5. The average Bonchev–Trinajstić information content (AvgIpc) is 2.58. The number of halogens is 1. The van der Waals surface area contributed by atoms with Crippen molar-refractivity contribution < 1.29 is 4.39 Å². The summed E-state index contributed by atoms with van der Waals surface area (Å²) in [4.78, 5) is 0. The Kier molecular flexibility index (Phi) is 2.37. The molecule has 15 heavy (non-hydrogen) atoms. The molecule has 1 heterocycles. The Morgan fingerprint density at radius 1 is 1.47 bits per heavy atom. The van der Waals surface area contributed by atoms with E-state index in [4.69, 9.17) is 5.73 Å². The van der Waals surface area contributed by atoms with Crippen molar-refractivity contribution >= 4 is 5.82 Å². The van der Waals surface area contributed by atoms with Gasteiger partial charge in [0, 0.05) is 0 Å². The molecule has 0 aliphatic rings. The predicted octanol–water partition coefficient (Wildman–Crippen LogP) is 1.36. The van der Waals surface area contributed by atoms with Crippen molar-refractivity contribution in [3.05, 3.63) is 41.3 Å². The van der Waals surface area contributed by atoms with Gasteiger partial charge >= 0.3 is 0 Å². The smallest absolute Gasteiger partial charge is 0.165 e. The fraction of sp³-hybridized carbons (Fsp3) is 0.200. The summed E-state index contributed by atoms with van der Waals surface area (Å²) < 4.78 is 14.6. The quantitative estimate of drug-likeness (QED) is 0.807. The maximum atomic E-state index is 13.0. The second kappa shape index (κ2) is 3.68. The van der Waals surface area contributed by atoms with E-state index in [1.807, 2.05) is 6.92 Å². The fourth-order valence-corrected chi connectivity index (χ4v) is 1.38. The van der Waals surface area contributed by atoms with Crippen LogP contribution in [0.4, 0.5) is 10.2 Å². The van der Waals surface area contributed by atoms with Gasteiger partial charge < -0.3 is 5.73 Å². The molecule has 4 nitrogen and oxygen atoms in total. The number of nitrogen functional groups attached to an aromatic ring is 1. The SMILES string of the molecule is Cc1ccc(F)cc1Cn1cc(N)nn1. The zero-order valence-electron chi connectivity index (χ0n) is 8.31. The number of nitrogens with two attached hydrogens (primary N) is 1. The lowest BCUT2D eigenvalue weighted by atomic mass is 10.1. The lowest BCUT2D eigenvalue weighted by Gasteiger charge is -2.04. The van der Waals surface area contributed by atoms with E-state index in [1.165, 1.54) is 12.1 Å². The molecule has 2 aromatic rings. The number of benzene rings is 1. The minimum absolute atomic E-state index is 0.247. The number of rotatable bonds is 2. The van der Waals surface area contributed by atoms with E-state index in [0.29, 0.717) is 12.4 Å². The molecule has 2 N–H and O–H groups in total. The maximum Gasteiger partial charge on any atom is 0.165 e. The minimum atomic E-state index is -0.247. The third kappa shape index (κ3) is 2.12. The Hall–Kier alpha value is -1.91. The minimum Gasteiger partial charge on any atom is -0.381 e. The van der Waals surface area contributed by atoms with Crippen LogP contribution in [0.1, 0.15) is 11.1 Å². The van der Waals surface area contributed by atoms with Gasteiger partial charge in [-0.25, -0.2) is 9.07 Å². The van der Waals surface area contributed by atoms with E-state index < -0.39 is 0 Å². The van der Waals surface area contributed by atoms with Crippen LogP contribution in [-0.2, 0) is 6.54 Å². The van der Waals surface area contributed by atoms with E-state index >= 15 is 0 Å². The summed E-state index contributed by atoms with van der Waals surface area (Å²) in [6, 6.07) is 4.67. The lowest BCUT2D eigenvalue weighted by molar-refractivity contribution is 0.612. The van der Waals surface area contributed by atoms with E-state index in [-0.39, 0.29) is 5.82 Å². The maximum absolute atomic E-state index is 13.0. The number of aryl methyl sites for hydroxylation is 1. The Labute approximate surface area is 86.5 Å². The molecule has 0 atom stereocenters.